The minimum Gasteiger partial charge on any atom is -0.309 e. The van der Waals surface area contributed by atoms with Gasteiger partial charge in [0, 0.05) is 17.5 Å². The van der Waals surface area contributed by atoms with Crippen molar-refractivity contribution in [3.63, 3.8) is 0 Å². The van der Waals surface area contributed by atoms with Crippen molar-refractivity contribution in [3.05, 3.63) is 54.5 Å². The van der Waals surface area contributed by atoms with Gasteiger partial charge in [0.15, 0.2) is 0 Å². The van der Waals surface area contributed by atoms with Crippen molar-refractivity contribution in [1.82, 2.24) is 15.3 Å². The zero-order chi connectivity index (χ0) is 15.1. The van der Waals surface area contributed by atoms with Crippen LogP contribution in [0, 0.1) is 5.92 Å². The highest BCUT2D eigenvalue weighted by Crippen LogP contribution is 2.35. The van der Waals surface area contributed by atoms with Crippen molar-refractivity contribution in [3.8, 4) is 0 Å². The number of nitrogens with zero attached hydrogens (tertiary/aromatic N) is 2. The summed E-state index contributed by atoms with van der Waals surface area (Å²) in [4.78, 5) is 8.36. The van der Waals surface area contributed by atoms with Crippen LogP contribution in [0.3, 0.4) is 0 Å². The van der Waals surface area contributed by atoms with Crippen molar-refractivity contribution >= 4 is 11.8 Å². The third-order valence-electron chi connectivity index (χ3n) is 3.38. The van der Waals surface area contributed by atoms with Crippen LogP contribution in [-0.4, -0.2) is 21.8 Å². The van der Waals surface area contributed by atoms with Crippen LogP contribution in [0.25, 0.3) is 0 Å². The molecule has 2 unspecified atom stereocenters. The molecular weight excluding hydrogens is 278 g/mol. The Kier molecular flexibility index (Phi) is 6.21. The Bertz CT molecular complexity index is 516. The van der Waals surface area contributed by atoms with Crippen LogP contribution in [0.4, 0.5) is 0 Å². The molecule has 2 aromatic rings. The van der Waals surface area contributed by atoms with Gasteiger partial charge >= 0.3 is 0 Å². The lowest BCUT2D eigenvalue weighted by atomic mass is 9.96. The normalized spacial score (nSPS) is 14.1. The first-order valence-corrected chi connectivity index (χ1v) is 8.31. The van der Waals surface area contributed by atoms with Crippen LogP contribution in [-0.2, 0) is 0 Å². The largest absolute Gasteiger partial charge is 0.309 e. The number of hydrogen-bond acceptors (Lipinski definition) is 4. The molecule has 0 aliphatic carbocycles. The van der Waals surface area contributed by atoms with Crippen molar-refractivity contribution in [1.29, 1.82) is 0 Å². The van der Waals surface area contributed by atoms with Gasteiger partial charge < -0.3 is 5.32 Å². The maximum Gasteiger partial charge on any atom is 0.116 e. The summed E-state index contributed by atoms with van der Waals surface area (Å²) in [5.74, 6) is 0.536. The number of thioether (sulfide) groups is 1. The van der Waals surface area contributed by atoms with Gasteiger partial charge in [-0.1, -0.05) is 51.1 Å². The Balaban J connectivity index is 2.25. The molecule has 0 aliphatic rings. The summed E-state index contributed by atoms with van der Waals surface area (Å²) in [6, 6.07) is 13.0. The molecule has 0 saturated carbocycles. The minimum absolute atomic E-state index is 0.316. The fraction of sp³-hybridized carbons (Fsp3) is 0.412. The second-order valence-corrected chi connectivity index (χ2v) is 6.52. The molecule has 3 nitrogen and oxygen atoms in total. The van der Waals surface area contributed by atoms with E-state index in [0.717, 1.165) is 11.6 Å². The first-order valence-electron chi connectivity index (χ1n) is 7.43. The summed E-state index contributed by atoms with van der Waals surface area (Å²) < 4.78 is 0. The van der Waals surface area contributed by atoms with E-state index >= 15 is 0 Å². The van der Waals surface area contributed by atoms with Crippen molar-refractivity contribution < 1.29 is 0 Å². The van der Waals surface area contributed by atoms with Crippen LogP contribution >= 0.6 is 11.8 Å². The Morgan fingerprint density at radius 2 is 1.90 bits per heavy atom. The summed E-state index contributed by atoms with van der Waals surface area (Å²) >= 11 is 1.83. The average Bonchev–Trinajstić information content (AvgIpc) is 2.52. The Hall–Kier alpha value is -1.39. The first-order chi connectivity index (χ1) is 10.2. The van der Waals surface area contributed by atoms with Crippen LogP contribution in [0.2, 0.25) is 0 Å². The van der Waals surface area contributed by atoms with Crippen LogP contribution in [0.5, 0.6) is 0 Å². The monoisotopic (exact) mass is 301 g/mol. The molecule has 2 atom stereocenters. The highest BCUT2D eigenvalue weighted by Gasteiger charge is 2.26. The van der Waals surface area contributed by atoms with Crippen LogP contribution in [0.15, 0.2) is 53.9 Å². The number of hydrogen-bond donors (Lipinski definition) is 1. The molecule has 0 fully saturated rings. The molecule has 0 amide bonds. The zero-order valence-electron chi connectivity index (χ0n) is 12.9. The van der Waals surface area contributed by atoms with Gasteiger partial charge in [0.25, 0.3) is 0 Å². The topological polar surface area (TPSA) is 37.8 Å². The predicted octanol–water partition coefficient (Wildman–Crippen LogP) is 3.94. The van der Waals surface area contributed by atoms with E-state index in [2.05, 4.69) is 66.4 Å². The van der Waals surface area contributed by atoms with E-state index in [1.165, 1.54) is 5.56 Å². The molecule has 0 radical (unpaired) electrons. The second-order valence-electron chi connectivity index (χ2n) is 5.32. The zero-order valence-corrected chi connectivity index (χ0v) is 13.7. The third-order valence-corrected chi connectivity index (χ3v) is 4.95. The van der Waals surface area contributed by atoms with Crippen molar-refractivity contribution in [2.45, 2.75) is 37.1 Å². The fourth-order valence-electron chi connectivity index (χ4n) is 2.38. The summed E-state index contributed by atoms with van der Waals surface area (Å²) in [6.07, 6.45) is 3.42. The van der Waals surface area contributed by atoms with Gasteiger partial charge in [0.2, 0.25) is 0 Å². The summed E-state index contributed by atoms with van der Waals surface area (Å²) in [6.45, 7) is 7.65. The third kappa shape index (κ3) is 4.55. The number of aromatic nitrogens is 2. The van der Waals surface area contributed by atoms with E-state index in [-0.39, 0.29) is 0 Å². The molecule has 0 saturated heterocycles. The maximum absolute atomic E-state index is 4.36. The Labute approximate surface area is 131 Å². The Morgan fingerprint density at radius 1 is 1.14 bits per heavy atom. The number of rotatable bonds is 7. The highest BCUT2D eigenvalue weighted by atomic mass is 32.2. The van der Waals surface area contributed by atoms with Crippen molar-refractivity contribution in [2.75, 3.05) is 6.54 Å². The molecule has 1 aromatic heterocycles. The highest BCUT2D eigenvalue weighted by molar-refractivity contribution is 7.99. The lowest BCUT2D eigenvalue weighted by Gasteiger charge is -2.30. The lowest BCUT2D eigenvalue weighted by molar-refractivity contribution is 0.453. The SMILES string of the molecule is CCNC(c1ccccc1)C(Sc1ccncn1)C(C)C. The molecule has 112 valence electrons. The van der Waals surface area contributed by atoms with Gasteiger partial charge in [-0.15, -0.1) is 11.8 Å². The lowest BCUT2D eigenvalue weighted by Crippen LogP contribution is -2.33. The average molecular weight is 301 g/mol. The molecule has 21 heavy (non-hydrogen) atoms. The number of nitrogens with one attached hydrogen (secondary N) is 1. The standard InChI is InChI=1S/C17H23N3S/c1-4-19-16(14-8-6-5-7-9-14)17(13(2)3)21-15-10-11-18-12-20-15/h5-13,16-17,19H,4H2,1-3H3. The fourth-order valence-corrected chi connectivity index (χ4v) is 3.57. The quantitative estimate of drug-likeness (QED) is 0.621. The van der Waals surface area contributed by atoms with Gasteiger partial charge in [0.1, 0.15) is 6.33 Å². The molecule has 4 heteroatoms. The molecular formula is C17H23N3S. The van der Waals surface area contributed by atoms with Crippen LogP contribution in [0.1, 0.15) is 32.4 Å². The maximum atomic E-state index is 4.36. The number of benzene rings is 1. The molecule has 1 heterocycles. The smallest absolute Gasteiger partial charge is 0.116 e. The van der Waals surface area contributed by atoms with Gasteiger partial charge in [-0.05, 0) is 24.1 Å². The summed E-state index contributed by atoms with van der Waals surface area (Å²) in [7, 11) is 0. The van der Waals surface area contributed by atoms with Gasteiger partial charge in [0.05, 0.1) is 5.03 Å². The Morgan fingerprint density at radius 3 is 2.48 bits per heavy atom. The second kappa shape index (κ2) is 8.15. The molecule has 0 bridgehead atoms. The van der Waals surface area contributed by atoms with Gasteiger partial charge in [-0.3, -0.25) is 0 Å². The molecule has 2 rings (SSSR count). The van der Waals surface area contributed by atoms with E-state index in [4.69, 9.17) is 0 Å². The van der Waals surface area contributed by atoms with E-state index in [1.807, 2.05) is 17.8 Å². The molecule has 0 aliphatic heterocycles. The van der Waals surface area contributed by atoms with E-state index in [9.17, 15) is 0 Å². The molecule has 1 N–H and O–H groups in total. The van der Waals surface area contributed by atoms with E-state index in [0.29, 0.717) is 17.2 Å². The van der Waals surface area contributed by atoms with Gasteiger partial charge in [-0.2, -0.15) is 0 Å². The summed E-state index contributed by atoms with van der Waals surface area (Å²) in [5, 5.41) is 5.09. The van der Waals surface area contributed by atoms with Crippen molar-refractivity contribution in [2.24, 2.45) is 5.92 Å². The summed E-state index contributed by atoms with van der Waals surface area (Å²) in [5.41, 5.74) is 1.33. The first kappa shape index (κ1) is 16.0. The molecule has 0 spiro atoms. The van der Waals surface area contributed by atoms with E-state index in [1.54, 1.807) is 12.5 Å². The van der Waals surface area contributed by atoms with Crippen LogP contribution < -0.4 is 5.32 Å². The van der Waals surface area contributed by atoms with E-state index < -0.39 is 0 Å². The predicted molar refractivity (Wildman–Crippen MR) is 89.4 cm³/mol. The minimum atomic E-state index is 0.316. The van der Waals surface area contributed by atoms with Gasteiger partial charge in [-0.25, -0.2) is 9.97 Å². The molecule has 1 aromatic carbocycles.